The van der Waals surface area contributed by atoms with E-state index in [-0.39, 0.29) is 0 Å². The van der Waals surface area contributed by atoms with Crippen molar-refractivity contribution in [2.24, 2.45) is 0 Å². The molecule has 0 N–H and O–H groups in total. The topological polar surface area (TPSA) is 51.8 Å². The molecular weight excluding hydrogens is 983 g/mol. The van der Waals surface area contributed by atoms with Crippen LogP contribution in [0.1, 0.15) is 44.5 Å². The van der Waals surface area contributed by atoms with E-state index in [4.69, 9.17) is 19.4 Å². The van der Waals surface area contributed by atoms with Gasteiger partial charge in [-0.3, -0.25) is 0 Å². The first-order valence-electron chi connectivity index (χ1n) is 27.6. The average molecular weight is 1040 g/mol. The van der Waals surface area contributed by atoms with Gasteiger partial charge in [0, 0.05) is 33.0 Å². The van der Waals surface area contributed by atoms with Crippen LogP contribution >= 0.6 is 0 Å². The van der Waals surface area contributed by atoms with Gasteiger partial charge in [0.2, 0.25) is 0 Å². The van der Waals surface area contributed by atoms with E-state index in [1.807, 2.05) is 66.7 Å². The molecule has 2 heterocycles. The minimum absolute atomic E-state index is 0.565. The van der Waals surface area contributed by atoms with Crippen LogP contribution in [0.4, 0.5) is 0 Å². The van der Waals surface area contributed by atoms with Gasteiger partial charge in [0.15, 0.2) is 17.5 Å². The molecule has 0 amide bonds. The fraction of sp³-hybridized carbons (Fsp3) is 0.0260. The Morgan fingerprint density at radius 2 is 0.568 bits per heavy atom. The summed E-state index contributed by atoms with van der Waals surface area (Å²) >= 11 is 0. The van der Waals surface area contributed by atoms with Gasteiger partial charge >= 0.3 is 0 Å². The van der Waals surface area contributed by atoms with E-state index < -0.39 is 10.8 Å². The van der Waals surface area contributed by atoms with Crippen LogP contribution in [-0.4, -0.2) is 15.0 Å². The standard InChI is InChI=1S/C77H53N3O/c1-9-26-56(27-10-1)73-78-74(57-28-11-2-12-29-57)80-75(79-73)67-42-25-43-70-71(67)69-53-58(54-44-48-65(49-45-54)76(59-30-13-3-14-31-59,60-32-15-4-16-33-60)61-34-17-5-18-35-61)52-68(72(69)81-70)55-46-50-66(51-47-55)77(62-36-19-6-20-37-62,63-38-21-7-22-39-63)64-40-23-8-24-41-64/h1-53H. The number of furan rings is 1. The van der Waals surface area contributed by atoms with Crippen LogP contribution in [0.15, 0.2) is 326 Å². The minimum atomic E-state index is -0.605. The highest BCUT2D eigenvalue weighted by Crippen LogP contribution is 2.49. The van der Waals surface area contributed by atoms with Gasteiger partial charge in [0.05, 0.1) is 10.8 Å². The predicted molar refractivity (Wildman–Crippen MR) is 331 cm³/mol. The largest absolute Gasteiger partial charge is 0.455 e. The molecule has 0 radical (unpaired) electrons. The van der Waals surface area contributed by atoms with E-state index in [0.717, 1.165) is 66.4 Å². The van der Waals surface area contributed by atoms with Gasteiger partial charge in [0.25, 0.3) is 0 Å². The van der Waals surface area contributed by atoms with Gasteiger partial charge in [-0.25, -0.2) is 15.0 Å². The molecule has 0 unspecified atom stereocenters. The second-order valence-electron chi connectivity index (χ2n) is 20.6. The molecule has 0 fully saturated rings. The van der Waals surface area contributed by atoms with Crippen LogP contribution < -0.4 is 0 Å². The Morgan fingerprint density at radius 1 is 0.235 bits per heavy atom. The van der Waals surface area contributed by atoms with E-state index in [2.05, 4.69) is 255 Å². The smallest absolute Gasteiger partial charge is 0.164 e. The number of aromatic nitrogens is 3. The summed E-state index contributed by atoms with van der Waals surface area (Å²) in [4.78, 5) is 15.6. The van der Waals surface area contributed by atoms with Crippen molar-refractivity contribution < 1.29 is 4.42 Å². The van der Waals surface area contributed by atoms with Crippen LogP contribution in [-0.2, 0) is 10.8 Å². The van der Waals surface area contributed by atoms with Crippen LogP contribution in [0, 0.1) is 0 Å². The fourth-order valence-corrected chi connectivity index (χ4v) is 12.4. The maximum Gasteiger partial charge on any atom is 0.164 e. The number of nitrogens with zero attached hydrogens (tertiary/aromatic N) is 3. The molecule has 4 heteroatoms. The molecule has 0 saturated heterocycles. The molecule has 4 nitrogen and oxygen atoms in total. The third kappa shape index (κ3) is 8.62. The van der Waals surface area contributed by atoms with Crippen LogP contribution in [0.3, 0.4) is 0 Å². The van der Waals surface area contributed by atoms with Crippen molar-refractivity contribution in [1.82, 2.24) is 15.0 Å². The summed E-state index contributed by atoms with van der Waals surface area (Å²) in [5.74, 6) is 1.76. The van der Waals surface area contributed by atoms with Gasteiger partial charge in [-0.1, -0.05) is 303 Å². The van der Waals surface area contributed by atoms with E-state index in [0.29, 0.717) is 17.5 Å². The molecule has 382 valence electrons. The molecule has 12 aromatic carbocycles. The second kappa shape index (κ2) is 21.0. The maximum absolute atomic E-state index is 7.17. The summed E-state index contributed by atoms with van der Waals surface area (Å²) in [5, 5.41) is 1.89. The van der Waals surface area contributed by atoms with Gasteiger partial charge < -0.3 is 4.42 Å². The Labute approximate surface area is 472 Å². The summed E-state index contributed by atoms with van der Waals surface area (Å²) in [5.41, 5.74) is 16.6. The quantitative estimate of drug-likeness (QED) is 0.108. The lowest BCUT2D eigenvalue weighted by Crippen LogP contribution is -2.30. The lowest BCUT2D eigenvalue weighted by atomic mass is 9.65. The van der Waals surface area contributed by atoms with E-state index in [1.165, 1.54) is 38.9 Å². The number of hydrogen-bond donors (Lipinski definition) is 0. The highest BCUT2D eigenvalue weighted by molar-refractivity contribution is 6.16. The molecule has 0 atom stereocenters. The van der Waals surface area contributed by atoms with Gasteiger partial charge in [-0.2, -0.15) is 0 Å². The molecule has 0 aliphatic heterocycles. The minimum Gasteiger partial charge on any atom is -0.455 e. The summed E-state index contributed by atoms with van der Waals surface area (Å²) in [6, 6.07) is 115. The molecule has 0 spiro atoms. The van der Waals surface area contributed by atoms with Crippen molar-refractivity contribution in [3.8, 4) is 56.4 Å². The summed E-state index contributed by atoms with van der Waals surface area (Å²) in [7, 11) is 0. The zero-order chi connectivity index (χ0) is 54.0. The van der Waals surface area contributed by atoms with E-state index in [9.17, 15) is 0 Å². The lowest BCUT2D eigenvalue weighted by Gasteiger charge is -2.37. The molecular formula is C77H53N3O. The predicted octanol–water partition coefficient (Wildman–Crippen LogP) is 18.9. The van der Waals surface area contributed by atoms with Crippen molar-refractivity contribution in [1.29, 1.82) is 0 Å². The molecule has 0 bridgehead atoms. The van der Waals surface area contributed by atoms with Crippen molar-refractivity contribution >= 4 is 21.9 Å². The molecule has 2 aromatic heterocycles. The van der Waals surface area contributed by atoms with Crippen molar-refractivity contribution in [2.45, 2.75) is 10.8 Å². The Bertz CT molecular complexity index is 4190. The van der Waals surface area contributed by atoms with E-state index in [1.54, 1.807) is 0 Å². The summed E-state index contributed by atoms with van der Waals surface area (Å²) in [6.45, 7) is 0. The number of benzene rings is 12. The third-order valence-electron chi connectivity index (χ3n) is 16.1. The number of fused-ring (bicyclic) bond motifs is 3. The Hall–Kier alpha value is -10.6. The zero-order valence-corrected chi connectivity index (χ0v) is 44.3. The first-order valence-corrected chi connectivity index (χ1v) is 27.6. The van der Waals surface area contributed by atoms with Crippen molar-refractivity contribution in [3.63, 3.8) is 0 Å². The first-order chi connectivity index (χ1) is 40.2. The lowest BCUT2D eigenvalue weighted by molar-refractivity contribution is 0.670. The fourth-order valence-electron chi connectivity index (χ4n) is 12.4. The molecule has 0 saturated carbocycles. The van der Waals surface area contributed by atoms with E-state index >= 15 is 0 Å². The SMILES string of the molecule is c1ccc(-c2nc(-c3ccccc3)nc(-c3cccc4oc5c(-c6ccc(C(c7ccccc7)(c7ccccc7)c7ccccc7)cc6)cc(-c6ccc(C(c7ccccc7)(c7ccccc7)c7ccccc7)cc6)cc5c34)n2)cc1. The van der Waals surface area contributed by atoms with Gasteiger partial charge in [-0.05, 0) is 79.4 Å². The van der Waals surface area contributed by atoms with Crippen LogP contribution in [0.2, 0.25) is 0 Å². The van der Waals surface area contributed by atoms with Gasteiger partial charge in [-0.15, -0.1) is 0 Å². The molecule has 14 aromatic rings. The second-order valence-corrected chi connectivity index (χ2v) is 20.6. The molecule has 0 aliphatic rings. The third-order valence-corrected chi connectivity index (χ3v) is 16.1. The number of hydrogen-bond acceptors (Lipinski definition) is 4. The van der Waals surface area contributed by atoms with Crippen molar-refractivity contribution in [3.05, 3.63) is 366 Å². The zero-order valence-electron chi connectivity index (χ0n) is 44.3. The monoisotopic (exact) mass is 1040 g/mol. The van der Waals surface area contributed by atoms with Crippen molar-refractivity contribution in [2.75, 3.05) is 0 Å². The first kappa shape index (κ1) is 48.8. The Kier molecular flexibility index (Phi) is 12.7. The number of rotatable bonds is 13. The molecule has 14 rings (SSSR count). The molecule has 81 heavy (non-hydrogen) atoms. The van der Waals surface area contributed by atoms with Gasteiger partial charge in [0.1, 0.15) is 11.2 Å². The maximum atomic E-state index is 7.17. The highest BCUT2D eigenvalue weighted by Gasteiger charge is 2.40. The normalized spacial score (nSPS) is 11.7. The van der Waals surface area contributed by atoms with Crippen LogP contribution in [0.5, 0.6) is 0 Å². The van der Waals surface area contributed by atoms with Crippen LogP contribution in [0.25, 0.3) is 78.4 Å². The summed E-state index contributed by atoms with van der Waals surface area (Å²) < 4.78 is 7.17. The summed E-state index contributed by atoms with van der Waals surface area (Å²) in [6.07, 6.45) is 0. The Morgan fingerprint density at radius 3 is 0.951 bits per heavy atom. The molecule has 0 aliphatic carbocycles. The average Bonchev–Trinajstić information content (AvgIpc) is 4.20. The Balaban J connectivity index is 0.997. The highest BCUT2D eigenvalue weighted by atomic mass is 16.3.